The average Bonchev–Trinajstić information content (AvgIpc) is 2.13. The molecule has 0 spiro atoms. The van der Waals surface area contributed by atoms with E-state index >= 15 is 0 Å². The number of carboxylic acid groups (broad SMARTS) is 1. The number of aliphatic carboxylic acids is 1. The van der Waals surface area contributed by atoms with E-state index in [0.29, 0.717) is 16.1 Å². The van der Waals surface area contributed by atoms with Crippen LogP contribution in [0.1, 0.15) is 18.4 Å². The predicted octanol–water partition coefficient (Wildman–Crippen LogP) is 1.74. The van der Waals surface area contributed by atoms with Gasteiger partial charge in [-0.1, -0.05) is 0 Å². The maximum atomic E-state index is 10.7. The van der Waals surface area contributed by atoms with Crippen LogP contribution in [0.15, 0.2) is 4.47 Å². The molecule has 0 radical (unpaired) electrons. The van der Waals surface area contributed by atoms with Gasteiger partial charge < -0.3 is 10.4 Å². The van der Waals surface area contributed by atoms with E-state index in [2.05, 4.69) is 31.2 Å². The normalized spacial score (nSPS) is 12.3. The maximum absolute atomic E-state index is 10.7. The molecule has 5 nitrogen and oxygen atoms in total. The van der Waals surface area contributed by atoms with Gasteiger partial charge in [0.2, 0.25) is 0 Å². The molecule has 0 aliphatic rings. The number of nitrogens with one attached hydrogen (secondary N) is 1. The van der Waals surface area contributed by atoms with Crippen molar-refractivity contribution in [2.24, 2.45) is 0 Å². The Balaban J connectivity index is 2.99. The highest BCUT2D eigenvalue weighted by molar-refractivity contribution is 9.10. The first-order valence-corrected chi connectivity index (χ1v) is 5.21. The zero-order valence-electron chi connectivity index (χ0n) is 8.71. The zero-order chi connectivity index (χ0) is 11.6. The van der Waals surface area contributed by atoms with E-state index in [1.807, 2.05) is 6.92 Å². The van der Waals surface area contributed by atoms with Crippen molar-refractivity contribution in [2.45, 2.75) is 26.8 Å². The number of halogens is 1. The smallest absolute Gasteiger partial charge is 0.325 e. The summed E-state index contributed by atoms with van der Waals surface area (Å²) >= 11 is 3.31. The van der Waals surface area contributed by atoms with Crippen LogP contribution in [0.4, 0.5) is 5.82 Å². The van der Waals surface area contributed by atoms with Gasteiger partial charge in [0.15, 0.2) is 0 Å². The van der Waals surface area contributed by atoms with Gasteiger partial charge in [-0.25, -0.2) is 9.97 Å². The highest BCUT2D eigenvalue weighted by atomic mass is 79.9. The Hall–Kier alpha value is -1.17. The second-order valence-electron chi connectivity index (χ2n) is 3.22. The van der Waals surface area contributed by atoms with Crippen molar-refractivity contribution < 1.29 is 9.90 Å². The number of nitrogens with zero attached hydrogens (tertiary/aromatic N) is 2. The average molecular weight is 274 g/mol. The number of carbonyl (C=O) groups is 1. The van der Waals surface area contributed by atoms with E-state index in [4.69, 9.17) is 5.11 Å². The molecule has 0 aromatic carbocycles. The van der Waals surface area contributed by atoms with Gasteiger partial charge in [0.1, 0.15) is 17.7 Å². The highest BCUT2D eigenvalue weighted by Gasteiger charge is 2.14. The zero-order valence-corrected chi connectivity index (χ0v) is 10.3. The fourth-order valence-corrected chi connectivity index (χ4v) is 1.35. The Morgan fingerprint density at radius 1 is 1.47 bits per heavy atom. The molecular weight excluding hydrogens is 262 g/mol. The summed E-state index contributed by atoms with van der Waals surface area (Å²) < 4.78 is 0.696. The number of hydrogen-bond acceptors (Lipinski definition) is 4. The molecule has 1 heterocycles. The standard InChI is InChI=1S/C9H12BrN3O2/c1-4-7(10)8(13-6(3)11-4)12-5(2)9(14)15/h5H,1-3H3,(H,14,15)(H,11,12,13). The van der Waals surface area contributed by atoms with Gasteiger partial charge in [-0.05, 0) is 36.7 Å². The lowest BCUT2D eigenvalue weighted by molar-refractivity contribution is -0.137. The van der Waals surface area contributed by atoms with Crippen LogP contribution in [-0.4, -0.2) is 27.1 Å². The van der Waals surface area contributed by atoms with Gasteiger partial charge in [0, 0.05) is 0 Å². The van der Waals surface area contributed by atoms with E-state index in [1.165, 1.54) is 0 Å². The van der Waals surface area contributed by atoms with Crippen LogP contribution < -0.4 is 5.32 Å². The number of anilines is 1. The van der Waals surface area contributed by atoms with Gasteiger partial charge in [-0.15, -0.1) is 0 Å². The second kappa shape index (κ2) is 4.57. The van der Waals surface area contributed by atoms with Gasteiger partial charge >= 0.3 is 5.97 Å². The third kappa shape index (κ3) is 2.89. The van der Waals surface area contributed by atoms with Crippen molar-refractivity contribution in [3.05, 3.63) is 16.0 Å². The Morgan fingerprint density at radius 2 is 2.07 bits per heavy atom. The first-order valence-electron chi connectivity index (χ1n) is 4.42. The van der Waals surface area contributed by atoms with Gasteiger partial charge in [0.25, 0.3) is 0 Å². The van der Waals surface area contributed by atoms with Crippen LogP contribution in [0.2, 0.25) is 0 Å². The molecule has 1 rings (SSSR count). The summed E-state index contributed by atoms with van der Waals surface area (Å²) in [7, 11) is 0. The minimum absolute atomic E-state index is 0.509. The summed E-state index contributed by atoms with van der Waals surface area (Å²) in [6.07, 6.45) is 0. The molecule has 0 aliphatic heterocycles. The molecule has 2 N–H and O–H groups in total. The number of aryl methyl sites for hydroxylation is 2. The number of aromatic nitrogens is 2. The lowest BCUT2D eigenvalue weighted by Crippen LogP contribution is -2.26. The minimum atomic E-state index is -0.921. The van der Waals surface area contributed by atoms with Gasteiger partial charge in [-0.2, -0.15) is 0 Å². The summed E-state index contributed by atoms with van der Waals surface area (Å²) in [6, 6.07) is -0.685. The lowest BCUT2D eigenvalue weighted by Gasteiger charge is -2.12. The van der Waals surface area contributed by atoms with Crippen molar-refractivity contribution in [3.63, 3.8) is 0 Å². The topological polar surface area (TPSA) is 75.1 Å². The molecule has 0 amide bonds. The van der Waals surface area contributed by atoms with Gasteiger partial charge in [-0.3, -0.25) is 4.79 Å². The molecule has 1 atom stereocenters. The third-order valence-electron chi connectivity index (χ3n) is 1.85. The van der Waals surface area contributed by atoms with E-state index in [0.717, 1.165) is 5.69 Å². The molecule has 6 heteroatoms. The number of carboxylic acids is 1. The van der Waals surface area contributed by atoms with Crippen molar-refractivity contribution in [1.82, 2.24) is 9.97 Å². The summed E-state index contributed by atoms with van der Waals surface area (Å²) in [5.41, 5.74) is 0.780. The van der Waals surface area contributed by atoms with Crippen LogP contribution in [0, 0.1) is 13.8 Å². The summed E-state index contributed by atoms with van der Waals surface area (Å²) in [6.45, 7) is 5.15. The Labute approximate surface area is 96.1 Å². The molecule has 82 valence electrons. The van der Waals surface area contributed by atoms with Crippen LogP contribution in [-0.2, 0) is 4.79 Å². The molecular formula is C9H12BrN3O2. The molecule has 0 fully saturated rings. The summed E-state index contributed by atoms with van der Waals surface area (Å²) in [5.74, 6) is 0.196. The number of hydrogen-bond donors (Lipinski definition) is 2. The van der Waals surface area contributed by atoms with E-state index < -0.39 is 12.0 Å². The molecule has 1 aromatic rings. The monoisotopic (exact) mass is 273 g/mol. The molecule has 1 unspecified atom stereocenters. The first-order chi connectivity index (χ1) is 6.91. The van der Waals surface area contributed by atoms with Gasteiger partial charge in [0.05, 0.1) is 10.2 Å². The Morgan fingerprint density at radius 3 is 2.60 bits per heavy atom. The summed E-state index contributed by atoms with van der Waals surface area (Å²) in [4.78, 5) is 18.9. The Kier molecular flexibility index (Phi) is 3.62. The third-order valence-corrected chi connectivity index (χ3v) is 2.80. The first kappa shape index (κ1) is 11.9. The predicted molar refractivity (Wildman–Crippen MR) is 59.9 cm³/mol. The second-order valence-corrected chi connectivity index (χ2v) is 4.02. The molecule has 0 saturated heterocycles. The SMILES string of the molecule is Cc1nc(C)c(Br)c(NC(C)C(=O)O)n1. The van der Waals surface area contributed by atoms with E-state index in [1.54, 1.807) is 13.8 Å². The molecule has 15 heavy (non-hydrogen) atoms. The fraction of sp³-hybridized carbons (Fsp3) is 0.444. The fourth-order valence-electron chi connectivity index (χ4n) is 1.06. The molecule has 0 aliphatic carbocycles. The van der Waals surface area contributed by atoms with E-state index in [-0.39, 0.29) is 0 Å². The van der Waals surface area contributed by atoms with Crippen molar-refractivity contribution in [1.29, 1.82) is 0 Å². The van der Waals surface area contributed by atoms with Crippen LogP contribution >= 0.6 is 15.9 Å². The van der Waals surface area contributed by atoms with Crippen molar-refractivity contribution >= 4 is 27.7 Å². The largest absolute Gasteiger partial charge is 0.480 e. The molecule has 1 aromatic heterocycles. The van der Waals surface area contributed by atoms with Crippen LogP contribution in [0.5, 0.6) is 0 Å². The van der Waals surface area contributed by atoms with Crippen molar-refractivity contribution in [2.75, 3.05) is 5.32 Å². The maximum Gasteiger partial charge on any atom is 0.325 e. The summed E-state index contributed by atoms with van der Waals surface area (Å²) in [5, 5.41) is 11.5. The van der Waals surface area contributed by atoms with Crippen molar-refractivity contribution in [3.8, 4) is 0 Å². The number of rotatable bonds is 3. The lowest BCUT2D eigenvalue weighted by atomic mass is 10.3. The highest BCUT2D eigenvalue weighted by Crippen LogP contribution is 2.23. The van der Waals surface area contributed by atoms with E-state index in [9.17, 15) is 4.79 Å². The molecule has 0 saturated carbocycles. The Bertz CT molecular complexity index is 395. The quantitative estimate of drug-likeness (QED) is 0.878. The van der Waals surface area contributed by atoms with Crippen LogP contribution in [0.3, 0.4) is 0 Å². The molecule has 0 bridgehead atoms. The van der Waals surface area contributed by atoms with Crippen LogP contribution in [0.25, 0.3) is 0 Å². The minimum Gasteiger partial charge on any atom is -0.480 e.